The monoisotopic (exact) mass is 416 g/mol. The number of halogens is 1. The van der Waals surface area contributed by atoms with Crippen LogP contribution >= 0.6 is 11.6 Å². The van der Waals surface area contributed by atoms with Crippen LogP contribution in [0.5, 0.6) is 5.75 Å². The molecule has 2 heterocycles. The highest BCUT2D eigenvalue weighted by atomic mass is 35.5. The highest BCUT2D eigenvalue weighted by Gasteiger charge is 2.32. The number of hydrogen-bond acceptors (Lipinski definition) is 5. The van der Waals surface area contributed by atoms with Gasteiger partial charge in [0.25, 0.3) is 0 Å². The molecule has 0 radical (unpaired) electrons. The van der Waals surface area contributed by atoms with E-state index >= 15 is 0 Å². The van der Waals surface area contributed by atoms with Crippen molar-refractivity contribution in [2.75, 3.05) is 20.3 Å². The maximum absolute atomic E-state index is 6.48. The van der Waals surface area contributed by atoms with Crippen molar-refractivity contribution < 1.29 is 9.47 Å². The lowest BCUT2D eigenvalue weighted by molar-refractivity contribution is 0.204. The van der Waals surface area contributed by atoms with Crippen molar-refractivity contribution in [3.63, 3.8) is 0 Å². The fourth-order valence-corrected chi connectivity index (χ4v) is 3.49. The number of benzene rings is 1. The van der Waals surface area contributed by atoms with Crippen LogP contribution in [0.4, 0.5) is 0 Å². The van der Waals surface area contributed by atoms with Crippen molar-refractivity contribution in [3.8, 4) is 5.75 Å². The third kappa shape index (κ3) is 4.82. The molecular formula is C22H29ClN4O2. The molecule has 29 heavy (non-hydrogen) atoms. The third-order valence-corrected chi connectivity index (χ3v) is 5.21. The summed E-state index contributed by atoms with van der Waals surface area (Å²) in [6.07, 6.45) is 3.94. The molecule has 3 rings (SSSR count). The molecule has 0 saturated heterocycles. The van der Waals surface area contributed by atoms with Crippen LogP contribution in [0, 0.1) is 0 Å². The molecule has 0 fully saturated rings. The number of amidine groups is 1. The molecular weight excluding hydrogens is 388 g/mol. The van der Waals surface area contributed by atoms with Crippen LogP contribution in [-0.4, -0.2) is 42.9 Å². The van der Waals surface area contributed by atoms with Crippen LogP contribution in [0.25, 0.3) is 6.08 Å². The van der Waals surface area contributed by atoms with E-state index in [0.29, 0.717) is 18.2 Å². The first-order valence-electron chi connectivity index (χ1n) is 9.98. The average Bonchev–Trinajstić information content (AvgIpc) is 3.17. The van der Waals surface area contributed by atoms with Crippen molar-refractivity contribution in [3.05, 3.63) is 45.9 Å². The fourth-order valence-electron chi connectivity index (χ4n) is 3.26. The van der Waals surface area contributed by atoms with Gasteiger partial charge in [-0.05, 0) is 56.5 Å². The minimum atomic E-state index is 0.234. The van der Waals surface area contributed by atoms with Gasteiger partial charge in [-0.25, -0.2) is 0 Å². The Labute approximate surface area is 177 Å². The second-order valence-corrected chi connectivity index (χ2v) is 7.68. The van der Waals surface area contributed by atoms with E-state index in [0.717, 1.165) is 52.8 Å². The summed E-state index contributed by atoms with van der Waals surface area (Å²) >= 11 is 6.48. The SMILES string of the molecule is CCC(CC)N=C1C2=C(COC2)N/C(=C\c2ccc(OC)cc2Cl)N1N=C(C)C. The Morgan fingerprint density at radius 2 is 2.07 bits per heavy atom. The molecule has 0 atom stereocenters. The summed E-state index contributed by atoms with van der Waals surface area (Å²) < 4.78 is 11.0. The summed E-state index contributed by atoms with van der Waals surface area (Å²) in [5, 5.41) is 10.7. The molecule has 0 spiro atoms. The number of rotatable bonds is 6. The Morgan fingerprint density at radius 1 is 1.31 bits per heavy atom. The van der Waals surface area contributed by atoms with E-state index in [1.807, 2.05) is 37.1 Å². The summed E-state index contributed by atoms with van der Waals surface area (Å²) in [6, 6.07) is 5.86. The first kappa shape index (κ1) is 21.4. The molecule has 156 valence electrons. The van der Waals surface area contributed by atoms with Gasteiger partial charge in [0, 0.05) is 11.3 Å². The van der Waals surface area contributed by atoms with Crippen molar-refractivity contribution in [2.24, 2.45) is 10.1 Å². The zero-order valence-corrected chi connectivity index (χ0v) is 18.5. The van der Waals surface area contributed by atoms with E-state index in [1.54, 1.807) is 13.2 Å². The van der Waals surface area contributed by atoms with Crippen LogP contribution in [0.15, 0.2) is 45.4 Å². The average molecular weight is 417 g/mol. The van der Waals surface area contributed by atoms with Gasteiger partial charge in [0.1, 0.15) is 11.6 Å². The van der Waals surface area contributed by atoms with Crippen molar-refractivity contribution in [1.29, 1.82) is 0 Å². The molecule has 2 aliphatic heterocycles. The number of methoxy groups -OCH3 is 1. The number of hydrazone groups is 1. The molecule has 0 saturated carbocycles. The molecule has 0 amide bonds. The van der Waals surface area contributed by atoms with Crippen LogP contribution < -0.4 is 10.1 Å². The summed E-state index contributed by atoms with van der Waals surface area (Å²) in [4.78, 5) is 5.06. The lowest BCUT2D eigenvalue weighted by Crippen LogP contribution is -2.41. The molecule has 0 aromatic heterocycles. The zero-order valence-electron chi connectivity index (χ0n) is 17.8. The van der Waals surface area contributed by atoms with Crippen LogP contribution in [0.2, 0.25) is 5.02 Å². The van der Waals surface area contributed by atoms with Crippen LogP contribution in [-0.2, 0) is 4.74 Å². The molecule has 1 aromatic carbocycles. The van der Waals surface area contributed by atoms with Crippen LogP contribution in [0.1, 0.15) is 46.1 Å². The van der Waals surface area contributed by atoms with Crippen LogP contribution in [0.3, 0.4) is 0 Å². The van der Waals surface area contributed by atoms with E-state index < -0.39 is 0 Å². The van der Waals surface area contributed by atoms with Gasteiger partial charge in [0.15, 0.2) is 5.84 Å². The molecule has 0 unspecified atom stereocenters. The number of ether oxygens (including phenoxy) is 2. The Kier molecular flexibility index (Phi) is 6.98. The largest absolute Gasteiger partial charge is 0.497 e. The summed E-state index contributed by atoms with van der Waals surface area (Å²) in [6.45, 7) is 9.34. The van der Waals surface area contributed by atoms with Gasteiger partial charge in [-0.3, -0.25) is 4.99 Å². The third-order valence-electron chi connectivity index (χ3n) is 4.88. The van der Waals surface area contributed by atoms with Crippen molar-refractivity contribution in [2.45, 2.75) is 46.6 Å². The minimum Gasteiger partial charge on any atom is -0.497 e. The van der Waals surface area contributed by atoms with E-state index in [-0.39, 0.29) is 6.04 Å². The number of nitrogens with zero attached hydrogens (tertiary/aromatic N) is 3. The fraction of sp³-hybridized carbons (Fsp3) is 0.455. The predicted octanol–water partition coefficient (Wildman–Crippen LogP) is 4.82. The lowest BCUT2D eigenvalue weighted by atomic mass is 10.1. The van der Waals surface area contributed by atoms with Crippen molar-refractivity contribution in [1.82, 2.24) is 10.3 Å². The maximum Gasteiger partial charge on any atom is 0.158 e. The first-order valence-corrected chi connectivity index (χ1v) is 10.4. The number of nitrogens with one attached hydrogen (secondary N) is 1. The minimum absolute atomic E-state index is 0.234. The van der Waals surface area contributed by atoms with Crippen molar-refractivity contribution >= 4 is 29.2 Å². The number of hydrogen-bond donors (Lipinski definition) is 1. The van der Waals surface area contributed by atoms with Gasteiger partial charge in [0.05, 0.1) is 37.1 Å². The highest BCUT2D eigenvalue weighted by Crippen LogP contribution is 2.30. The van der Waals surface area contributed by atoms with E-state index in [2.05, 4.69) is 19.2 Å². The molecule has 0 aliphatic carbocycles. The normalized spacial score (nSPS) is 19.1. The molecule has 0 bridgehead atoms. The zero-order chi connectivity index (χ0) is 21.0. The Balaban J connectivity index is 2.12. The second kappa shape index (κ2) is 9.46. The maximum atomic E-state index is 6.48. The Hall–Kier alpha value is -2.31. The molecule has 1 aromatic rings. The van der Waals surface area contributed by atoms with Gasteiger partial charge >= 0.3 is 0 Å². The summed E-state index contributed by atoms with van der Waals surface area (Å²) in [7, 11) is 1.63. The van der Waals surface area contributed by atoms with E-state index in [1.165, 1.54) is 0 Å². The molecule has 7 heteroatoms. The Morgan fingerprint density at radius 3 is 2.69 bits per heavy atom. The highest BCUT2D eigenvalue weighted by molar-refractivity contribution is 6.32. The van der Waals surface area contributed by atoms with Gasteiger partial charge in [-0.15, -0.1) is 0 Å². The summed E-state index contributed by atoms with van der Waals surface area (Å²) in [5.41, 5.74) is 3.90. The number of aliphatic imine (C=N–C) groups is 1. The topological polar surface area (TPSA) is 58.4 Å². The Bertz CT molecular complexity index is 881. The predicted molar refractivity (Wildman–Crippen MR) is 119 cm³/mol. The second-order valence-electron chi connectivity index (χ2n) is 7.27. The van der Waals surface area contributed by atoms with Gasteiger partial charge in [-0.2, -0.15) is 10.1 Å². The van der Waals surface area contributed by atoms with Gasteiger partial charge in [0.2, 0.25) is 0 Å². The molecule has 1 N–H and O–H groups in total. The van der Waals surface area contributed by atoms with E-state index in [4.69, 9.17) is 31.2 Å². The van der Waals surface area contributed by atoms with Gasteiger partial charge < -0.3 is 14.8 Å². The standard InChI is InChI=1S/C22H29ClN4O2/c1-6-16(7-2)24-22-18-12-29-13-20(18)25-21(27(22)26-14(3)4)10-15-8-9-17(28-5)11-19(15)23/h8-11,16,25H,6-7,12-13H2,1-5H3/b21-10+,24-22?. The quantitative estimate of drug-likeness (QED) is 0.675. The lowest BCUT2D eigenvalue weighted by Gasteiger charge is -2.31. The van der Waals surface area contributed by atoms with E-state index in [9.17, 15) is 0 Å². The smallest absolute Gasteiger partial charge is 0.158 e. The molecule has 6 nitrogen and oxygen atoms in total. The summed E-state index contributed by atoms with van der Waals surface area (Å²) in [5.74, 6) is 2.37. The van der Waals surface area contributed by atoms with Gasteiger partial charge in [-0.1, -0.05) is 25.4 Å². The first-order chi connectivity index (χ1) is 14.0. The molecule has 2 aliphatic rings.